The van der Waals surface area contributed by atoms with Crippen LogP contribution in [-0.4, -0.2) is 39.8 Å². The summed E-state index contributed by atoms with van der Waals surface area (Å²) < 4.78 is 0. The highest BCUT2D eigenvalue weighted by molar-refractivity contribution is 7.99. The summed E-state index contributed by atoms with van der Waals surface area (Å²) in [5.74, 6) is 0.747. The second kappa shape index (κ2) is 4.11. The monoisotopic (exact) mass is 191 g/mol. The molecular weight excluding hydrogens is 178 g/mol. The van der Waals surface area contributed by atoms with Crippen LogP contribution in [-0.2, 0) is 4.79 Å². The molecule has 0 saturated carbocycles. The molecule has 1 aliphatic rings. The molecule has 0 spiro atoms. The summed E-state index contributed by atoms with van der Waals surface area (Å²) in [7, 11) is 0. The third-order valence-electron chi connectivity index (χ3n) is 2.10. The first kappa shape index (κ1) is 9.83. The van der Waals surface area contributed by atoms with Crippen LogP contribution in [0.25, 0.3) is 0 Å². The Morgan fingerprint density at radius 3 is 2.75 bits per heavy atom. The molecule has 1 rings (SSSR count). The van der Waals surface area contributed by atoms with Gasteiger partial charge in [-0.25, -0.2) is 0 Å². The van der Waals surface area contributed by atoms with Crippen LogP contribution in [0.15, 0.2) is 0 Å². The lowest BCUT2D eigenvalue weighted by Gasteiger charge is -2.20. The number of carbonyl (C=O) groups is 1. The maximum Gasteiger partial charge on any atom is 0.323 e. The molecule has 1 aliphatic heterocycles. The second-order valence-electron chi connectivity index (χ2n) is 2.98. The summed E-state index contributed by atoms with van der Waals surface area (Å²) in [4.78, 5) is 10.4. The zero-order chi connectivity index (χ0) is 9.14. The third kappa shape index (κ3) is 2.12. The first-order valence-electron chi connectivity index (χ1n) is 3.87. The van der Waals surface area contributed by atoms with E-state index in [0.717, 1.165) is 17.9 Å². The molecule has 0 bridgehead atoms. The fourth-order valence-electron chi connectivity index (χ4n) is 1.26. The van der Waals surface area contributed by atoms with Crippen molar-refractivity contribution in [2.75, 3.05) is 11.5 Å². The molecule has 1 saturated heterocycles. The minimum atomic E-state index is -1.13. The average molecular weight is 191 g/mol. The van der Waals surface area contributed by atoms with Crippen molar-refractivity contribution in [3.05, 3.63) is 0 Å². The van der Waals surface area contributed by atoms with Crippen LogP contribution in [0.4, 0.5) is 0 Å². The number of thioether (sulfide) groups is 1. The number of aliphatic hydroxyl groups is 1. The van der Waals surface area contributed by atoms with Crippen molar-refractivity contribution in [3.63, 3.8) is 0 Å². The molecule has 4 N–H and O–H groups in total. The molecule has 12 heavy (non-hydrogen) atoms. The zero-order valence-electron chi connectivity index (χ0n) is 6.64. The number of aliphatic carboxylic acids is 1. The minimum Gasteiger partial charge on any atom is -0.480 e. The van der Waals surface area contributed by atoms with E-state index in [-0.39, 0.29) is 5.92 Å². The van der Waals surface area contributed by atoms with Gasteiger partial charge in [0.15, 0.2) is 0 Å². The van der Waals surface area contributed by atoms with Gasteiger partial charge in [0.25, 0.3) is 0 Å². The second-order valence-corrected chi connectivity index (χ2v) is 4.13. The molecule has 0 amide bonds. The number of hydrogen-bond donors (Lipinski definition) is 3. The molecule has 3 atom stereocenters. The molecule has 4 nitrogen and oxygen atoms in total. The van der Waals surface area contributed by atoms with Gasteiger partial charge in [0, 0.05) is 0 Å². The Hall–Kier alpha value is -0.260. The van der Waals surface area contributed by atoms with Crippen LogP contribution in [0, 0.1) is 5.92 Å². The van der Waals surface area contributed by atoms with Crippen LogP contribution < -0.4 is 5.73 Å². The number of rotatable bonds is 3. The number of aliphatic hydroxyl groups excluding tert-OH is 1. The number of carboxylic acid groups (broad SMARTS) is 1. The van der Waals surface area contributed by atoms with Crippen molar-refractivity contribution in [1.82, 2.24) is 0 Å². The highest BCUT2D eigenvalue weighted by Crippen LogP contribution is 2.27. The van der Waals surface area contributed by atoms with Gasteiger partial charge in [0.2, 0.25) is 0 Å². The van der Waals surface area contributed by atoms with E-state index in [0.29, 0.717) is 0 Å². The molecule has 0 aliphatic carbocycles. The normalized spacial score (nSPS) is 28.3. The predicted octanol–water partition coefficient (Wildman–Crippen LogP) is -0.488. The topological polar surface area (TPSA) is 83.6 Å². The van der Waals surface area contributed by atoms with Crippen molar-refractivity contribution in [3.8, 4) is 0 Å². The molecule has 1 heterocycles. The largest absolute Gasteiger partial charge is 0.480 e. The van der Waals surface area contributed by atoms with E-state index in [1.54, 1.807) is 11.8 Å². The smallest absolute Gasteiger partial charge is 0.323 e. The Balaban J connectivity index is 2.44. The van der Waals surface area contributed by atoms with Gasteiger partial charge in [-0.1, -0.05) is 0 Å². The highest BCUT2D eigenvalue weighted by Gasteiger charge is 2.31. The fourth-order valence-corrected chi connectivity index (χ4v) is 2.56. The number of nitrogens with two attached hydrogens (primary N) is 1. The summed E-state index contributed by atoms with van der Waals surface area (Å²) in [6.07, 6.45) is -0.0233. The van der Waals surface area contributed by atoms with E-state index in [4.69, 9.17) is 10.8 Å². The summed E-state index contributed by atoms with van der Waals surface area (Å²) in [6, 6.07) is -1.13. The van der Waals surface area contributed by atoms with Crippen molar-refractivity contribution < 1.29 is 15.0 Å². The SMILES string of the molecule is NC(C(=O)O)C(O)C1CCSC1. The number of hydrogen-bond acceptors (Lipinski definition) is 4. The molecule has 3 unspecified atom stereocenters. The van der Waals surface area contributed by atoms with E-state index in [9.17, 15) is 9.90 Å². The maximum atomic E-state index is 10.4. The summed E-state index contributed by atoms with van der Waals surface area (Å²) in [6.45, 7) is 0. The Labute approximate surface area is 75.1 Å². The molecule has 5 heteroatoms. The Morgan fingerprint density at radius 2 is 2.33 bits per heavy atom. The van der Waals surface area contributed by atoms with E-state index in [1.807, 2.05) is 0 Å². The summed E-state index contributed by atoms with van der Waals surface area (Å²) in [5.41, 5.74) is 5.28. The maximum absolute atomic E-state index is 10.4. The standard InChI is InChI=1S/C7H13NO3S/c8-5(7(10)11)6(9)4-1-2-12-3-4/h4-6,9H,1-3,8H2,(H,10,11). The van der Waals surface area contributed by atoms with Gasteiger partial charge in [0.1, 0.15) is 6.04 Å². The molecule has 70 valence electrons. The minimum absolute atomic E-state index is 0.0566. The molecule has 0 aromatic heterocycles. The van der Waals surface area contributed by atoms with E-state index >= 15 is 0 Å². The highest BCUT2D eigenvalue weighted by atomic mass is 32.2. The van der Waals surface area contributed by atoms with Gasteiger partial charge < -0.3 is 15.9 Å². The molecule has 0 aromatic carbocycles. The quantitative estimate of drug-likeness (QED) is 0.561. The van der Waals surface area contributed by atoms with Gasteiger partial charge in [-0.15, -0.1) is 0 Å². The molecule has 1 fully saturated rings. The fraction of sp³-hybridized carbons (Fsp3) is 0.857. The third-order valence-corrected chi connectivity index (χ3v) is 3.29. The van der Waals surface area contributed by atoms with Crippen molar-refractivity contribution in [2.24, 2.45) is 11.7 Å². The van der Waals surface area contributed by atoms with Crippen LogP contribution in [0.1, 0.15) is 6.42 Å². The molecular formula is C7H13NO3S. The van der Waals surface area contributed by atoms with Gasteiger partial charge >= 0.3 is 5.97 Å². The van der Waals surface area contributed by atoms with Crippen LogP contribution in [0.5, 0.6) is 0 Å². The van der Waals surface area contributed by atoms with Crippen LogP contribution in [0.3, 0.4) is 0 Å². The first-order chi connectivity index (χ1) is 5.63. The van der Waals surface area contributed by atoms with E-state index in [1.165, 1.54) is 0 Å². The zero-order valence-corrected chi connectivity index (χ0v) is 7.46. The van der Waals surface area contributed by atoms with Gasteiger partial charge in [0.05, 0.1) is 6.10 Å². The van der Waals surface area contributed by atoms with Gasteiger partial charge in [-0.2, -0.15) is 11.8 Å². The Kier molecular flexibility index (Phi) is 3.37. The van der Waals surface area contributed by atoms with Crippen LogP contribution in [0.2, 0.25) is 0 Å². The lowest BCUT2D eigenvalue weighted by Crippen LogP contribution is -2.45. The lowest BCUT2D eigenvalue weighted by atomic mass is 9.96. The van der Waals surface area contributed by atoms with E-state index < -0.39 is 18.1 Å². The predicted molar refractivity (Wildman–Crippen MR) is 47.1 cm³/mol. The Morgan fingerprint density at radius 1 is 1.67 bits per heavy atom. The summed E-state index contributed by atoms with van der Waals surface area (Å²) >= 11 is 1.73. The van der Waals surface area contributed by atoms with Crippen molar-refractivity contribution in [2.45, 2.75) is 18.6 Å². The van der Waals surface area contributed by atoms with E-state index in [2.05, 4.69) is 0 Å². The summed E-state index contributed by atoms with van der Waals surface area (Å²) in [5, 5.41) is 18.0. The van der Waals surface area contributed by atoms with Crippen LogP contribution >= 0.6 is 11.8 Å². The van der Waals surface area contributed by atoms with Gasteiger partial charge in [-0.05, 0) is 23.8 Å². The lowest BCUT2D eigenvalue weighted by molar-refractivity contribution is -0.142. The number of carboxylic acids is 1. The first-order valence-corrected chi connectivity index (χ1v) is 5.02. The molecule has 0 radical (unpaired) electrons. The van der Waals surface area contributed by atoms with Crippen molar-refractivity contribution in [1.29, 1.82) is 0 Å². The molecule has 0 aromatic rings. The Bertz CT molecular complexity index is 170. The average Bonchev–Trinajstić information content (AvgIpc) is 2.53. The van der Waals surface area contributed by atoms with Crippen molar-refractivity contribution >= 4 is 17.7 Å². The van der Waals surface area contributed by atoms with Gasteiger partial charge in [-0.3, -0.25) is 4.79 Å².